The van der Waals surface area contributed by atoms with Crippen LogP contribution in [0.25, 0.3) is 11.4 Å². The number of amides is 1. The van der Waals surface area contributed by atoms with E-state index in [1.54, 1.807) is 13.2 Å². The van der Waals surface area contributed by atoms with Gasteiger partial charge in [0.25, 0.3) is 0 Å². The Morgan fingerprint density at radius 3 is 3.00 bits per heavy atom. The molecule has 25 heavy (non-hydrogen) atoms. The number of carbonyl (C=O) groups excluding carboxylic acids is 1. The standard InChI is InChI=1S/C16H18N6O3/c1-3-12-8-14(25-20-12)9-17-15(23)10-22-19-16(18-21-22)11-5-4-6-13(7-11)24-2/h4-8H,3,9-10H2,1-2H3,(H,17,23). The van der Waals surface area contributed by atoms with Gasteiger partial charge in [-0.1, -0.05) is 24.2 Å². The SMILES string of the molecule is CCc1cc(CNC(=O)Cn2nnc(-c3cccc(OC)c3)n2)on1. The lowest BCUT2D eigenvalue weighted by atomic mass is 10.2. The van der Waals surface area contributed by atoms with E-state index in [0.29, 0.717) is 17.3 Å². The zero-order valence-corrected chi connectivity index (χ0v) is 14.0. The van der Waals surface area contributed by atoms with Gasteiger partial charge >= 0.3 is 0 Å². The summed E-state index contributed by atoms with van der Waals surface area (Å²) in [6.45, 7) is 2.21. The number of nitrogens with zero attached hydrogens (tertiary/aromatic N) is 5. The summed E-state index contributed by atoms with van der Waals surface area (Å²) >= 11 is 0. The number of carbonyl (C=O) groups is 1. The molecule has 0 fully saturated rings. The van der Waals surface area contributed by atoms with Crippen LogP contribution in [0.5, 0.6) is 5.75 Å². The van der Waals surface area contributed by atoms with Gasteiger partial charge in [-0.2, -0.15) is 4.80 Å². The van der Waals surface area contributed by atoms with Crippen LogP contribution in [0.3, 0.4) is 0 Å². The molecule has 0 radical (unpaired) electrons. The highest BCUT2D eigenvalue weighted by atomic mass is 16.5. The third-order valence-corrected chi connectivity index (χ3v) is 3.50. The van der Waals surface area contributed by atoms with E-state index in [9.17, 15) is 4.79 Å². The summed E-state index contributed by atoms with van der Waals surface area (Å²) in [7, 11) is 1.59. The van der Waals surface area contributed by atoms with E-state index in [1.807, 2.05) is 31.2 Å². The van der Waals surface area contributed by atoms with Crippen molar-refractivity contribution in [2.75, 3.05) is 7.11 Å². The predicted molar refractivity (Wildman–Crippen MR) is 87.5 cm³/mol. The maximum atomic E-state index is 12.0. The van der Waals surface area contributed by atoms with Crippen LogP contribution in [0.1, 0.15) is 18.4 Å². The molecule has 2 heterocycles. The first-order chi connectivity index (χ1) is 12.2. The number of methoxy groups -OCH3 is 1. The van der Waals surface area contributed by atoms with E-state index < -0.39 is 0 Å². The summed E-state index contributed by atoms with van der Waals surface area (Å²) in [5.41, 5.74) is 1.62. The van der Waals surface area contributed by atoms with Gasteiger partial charge in [0.05, 0.1) is 19.3 Å². The highest BCUT2D eigenvalue weighted by Gasteiger charge is 2.11. The molecule has 2 aromatic heterocycles. The highest BCUT2D eigenvalue weighted by molar-refractivity contribution is 5.75. The molecule has 0 saturated heterocycles. The molecular formula is C16H18N6O3. The molecular weight excluding hydrogens is 324 g/mol. The molecule has 0 unspecified atom stereocenters. The van der Waals surface area contributed by atoms with Crippen molar-refractivity contribution in [1.82, 2.24) is 30.7 Å². The lowest BCUT2D eigenvalue weighted by Gasteiger charge is -2.01. The zero-order valence-electron chi connectivity index (χ0n) is 14.0. The van der Waals surface area contributed by atoms with E-state index in [1.165, 1.54) is 4.80 Å². The lowest BCUT2D eigenvalue weighted by Crippen LogP contribution is -2.27. The van der Waals surface area contributed by atoms with Crippen LogP contribution in [0.4, 0.5) is 0 Å². The van der Waals surface area contributed by atoms with Gasteiger partial charge in [0, 0.05) is 11.6 Å². The number of tetrazole rings is 1. The monoisotopic (exact) mass is 342 g/mol. The molecule has 0 spiro atoms. The van der Waals surface area contributed by atoms with Crippen molar-refractivity contribution in [2.45, 2.75) is 26.4 Å². The topological polar surface area (TPSA) is 108 Å². The molecule has 1 N–H and O–H groups in total. The van der Waals surface area contributed by atoms with Gasteiger partial charge in [-0.3, -0.25) is 4.79 Å². The normalized spacial score (nSPS) is 10.6. The summed E-state index contributed by atoms with van der Waals surface area (Å²) in [4.78, 5) is 13.2. The second-order valence-corrected chi connectivity index (χ2v) is 5.29. The number of aryl methyl sites for hydroxylation is 1. The first kappa shape index (κ1) is 16.6. The molecule has 9 heteroatoms. The van der Waals surface area contributed by atoms with Crippen molar-refractivity contribution in [3.8, 4) is 17.1 Å². The second kappa shape index (κ2) is 7.56. The fraction of sp³-hybridized carbons (Fsp3) is 0.312. The van der Waals surface area contributed by atoms with Gasteiger partial charge in [-0.05, 0) is 23.8 Å². The second-order valence-electron chi connectivity index (χ2n) is 5.29. The van der Waals surface area contributed by atoms with Crippen molar-refractivity contribution >= 4 is 5.91 Å². The van der Waals surface area contributed by atoms with E-state index in [2.05, 4.69) is 25.9 Å². The van der Waals surface area contributed by atoms with Crippen molar-refractivity contribution in [3.63, 3.8) is 0 Å². The summed E-state index contributed by atoms with van der Waals surface area (Å²) in [5, 5.41) is 18.7. The molecule has 0 atom stereocenters. The largest absolute Gasteiger partial charge is 0.497 e. The van der Waals surface area contributed by atoms with Gasteiger partial charge in [-0.25, -0.2) is 0 Å². The average molecular weight is 342 g/mol. The summed E-state index contributed by atoms with van der Waals surface area (Å²) in [5.74, 6) is 1.48. The maximum absolute atomic E-state index is 12.0. The number of ether oxygens (including phenoxy) is 1. The maximum Gasteiger partial charge on any atom is 0.244 e. The third-order valence-electron chi connectivity index (χ3n) is 3.50. The van der Waals surface area contributed by atoms with Crippen LogP contribution in [-0.4, -0.2) is 38.4 Å². The Hall–Kier alpha value is -3.23. The molecule has 0 bridgehead atoms. The first-order valence-electron chi connectivity index (χ1n) is 7.81. The number of hydrogen-bond donors (Lipinski definition) is 1. The molecule has 1 amide bonds. The van der Waals surface area contributed by atoms with Crippen molar-refractivity contribution in [3.05, 3.63) is 41.8 Å². The highest BCUT2D eigenvalue weighted by Crippen LogP contribution is 2.19. The fourth-order valence-corrected chi connectivity index (χ4v) is 2.16. The molecule has 1 aromatic carbocycles. The first-order valence-corrected chi connectivity index (χ1v) is 7.81. The fourth-order valence-electron chi connectivity index (χ4n) is 2.16. The minimum Gasteiger partial charge on any atom is -0.497 e. The molecule has 130 valence electrons. The number of benzene rings is 1. The van der Waals surface area contributed by atoms with Crippen molar-refractivity contribution in [2.24, 2.45) is 0 Å². The Kier molecular flexibility index (Phi) is 5.03. The van der Waals surface area contributed by atoms with E-state index in [4.69, 9.17) is 9.26 Å². The number of aromatic nitrogens is 5. The molecule has 0 aliphatic carbocycles. The Morgan fingerprint density at radius 1 is 1.36 bits per heavy atom. The van der Waals surface area contributed by atoms with Crippen molar-refractivity contribution in [1.29, 1.82) is 0 Å². The van der Waals surface area contributed by atoms with E-state index in [-0.39, 0.29) is 19.0 Å². The molecule has 0 aliphatic rings. The van der Waals surface area contributed by atoms with E-state index in [0.717, 1.165) is 17.7 Å². The van der Waals surface area contributed by atoms with Gasteiger partial charge < -0.3 is 14.6 Å². The number of nitrogens with one attached hydrogen (secondary N) is 1. The molecule has 3 aromatic rings. The predicted octanol–water partition coefficient (Wildman–Crippen LogP) is 1.22. The lowest BCUT2D eigenvalue weighted by molar-refractivity contribution is -0.122. The molecule has 0 saturated carbocycles. The van der Waals surface area contributed by atoms with Crippen LogP contribution >= 0.6 is 0 Å². The summed E-state index contributed by atoms with van der Waals surface area (Å²) in [6, 6.07) is 9.13. The molecule has 0 aliphatic heterocycles. The zero-order chi connectivity index (χ0) is 17.6. The van der Waals surface area contributed by atoms with Crippen LogP contribution in [0.2, 0.25) is 0 Å². The van der Waals surface area contributed by atoms with E-state index >= 15 is 0 Å². The molecule has 9 nitrogen and oxygen atoms in total. The van der Waals surface area contributed by atoms with Crippen molar-refractivity contribution < 1.29 is 14.1 Å². The van der Waals surface area contributed by atoms with Crippen LogP contribution < -0.4 is 10.1 Å². The minimum atomic E-state index is -0.246. The third kappa shape index (κ3) is 4.19. The van der Waals surface area contributed by atoms with Crippen LogP contribution in [-0.2, 0) is 24.3 Å². The van der Waals surface area contributed by atoms with Gasteiger partial charge in [0.15, 0.2) is 5.76 Å². The minimum absolute atomic E-state index is 0.0360. The Labute approximate surface area is 144 Å². The smallest absolute Gasteiger partial charge is 0.244 e. The Bertz CT molecular complexity index is 857. The average Bonchev–Trinajstić information content (AvgIpc) is 3.29. The van der Waals surface area contributed by atoms with Gasteiger partial charge in [0.1, 0.15) is 12.3 Å². The Morgan fingerprint density at radius 2 is 2.24 bits per heavy atom. The quantitative estimate of drug-likeness (QED) is 0.687. The van der Waals surface area contributed by atoms with Gasteiger partial charge in [0.2, 0.25) is 11.7 Å². The number of rotatable bonds is 7. The van der Waals surface area contributed by atoms with Crippen LogP contribution in [0, 0.1) is 0 Å². The Balaban J connectivity index is 1.57. The summed E-state index contributed by atoms with van der Waals surface area (Å²) < 4.78 is 10.3. The molecule has 3 rings (SSSR count). The van der Waals surface area contributed by atoms with Gasteiger partial charge in [-0.15, -0.1) is 10.2 Å². The number of hydrogen-bond acceptors (Lipinski definition) is 7. The van der Waals surface area contributed by atoms with Crippen LogP contribution in [0.15, 0.2) is 34.9 Å². The summed E-state index contributed by atoms with van der Waals surface area (Å²) in [6.07, 6.45) is 0.785.